The zero-order valence-corrected chi connectivity index (χ0v) is 18.2. The molecule has 0 aliphatic heterocycles. The highest BCUT2D eigenvalue weighted by atomic mass is 32.2. The van der Waals surface area contributed by atoms with Crippen molar-refractivity contribution >= 4 is 42.9 Å². The Bertz CT molecular complexity index is 1040. The van der Waals surface area contributed by atoms with Crippen molar-refractivity contribution in [3.8, 4) is 0 Å². The minimum atomic E-state index is -4.00. The van der Waals surface area contributed by atoms with Crippen molar-refractivity contribution in [3.05, 3.63) is 48.1 Å². The number of hydrogen-bond acceptors (Lipinski definition) is 7. The van der Waals surface area contributed by atoms with Crippen LogP contribution in [-0.4, -0.2) is 56.5 Å². The zero-order valence-electron chi connectivity index (χ0n) is 15.7. The van der Waals surface area contributed by atoms with E-state index in [-0.39, 0.29) is 29.3 Å². The van der Waals surface area contributed by atoms with E-state index in [1.54, 1.807) is 0 Å². The molecule has 1 aromatic rings. The molecule has 0 spiro atoms. The summed E-state index contributed by atoms with van der Waals surface area (Å²) in [6.45, 7) is -0.0763. The van der Waals surface area contributed by atoms with E-state index in [0.29, 0.717) is 12.8 Å². The molecule has 0 fully saturated rings. The Hall–Kier alpha value is -1.92. The summed E-state index contributed by atoms with van der Waals surface area (Å²) in [7, 11) is -7.46. The first kappa shape index (κ1) is 23.4. The average Bonchev–Trinajstić information content (AvgIpc) is 2.68. The van der Waals surface area contributed by atoms with Crippen molar-refractivity contribution in [2.45, 2.75) is 29.1 Å². The van der Waals surface area contributed by atoms with Crippen LogP contribution in [0.2, 0.25) is 0 Å². The molecule has 0 saturated carbocycles. The minimum absolute atomic E-state index is 0.00663. The number of carbonyl (C=O) groups is 1. The van der Waals surface area contributed by atoms with Crippen LogP contribution >= 0.6 is 12.2 Å². The van der Waals surface area contributed by atoms with E-state index in [0.717, 1.165) is 21.0 Å². The summed E-state index contributed by atoms with van der Waals surface area (Å²) in [6, 6.07) is 4.89. The fourth-order valence-corrected chi connectivity index (χ4v) is 5.03. The van der Waals surface area contributed by atoms with Gasteiger partial charge in [0.05, 0.1) is 9.79 Å². The molecule has 0 saturated heterocycles. The first-order chi connectivity index (χ1) is 13.6. The van der Waals surface area contributed by atoms with Crippen molar-refractivity contribution in [1.29, 1.82) is 0 Å². The highest BCUT2D eigenvalue weighted by Gasteiger charge is 2.26. The first-order valence-electron chi connectivity index (χ1n) is 8.68. The lowest BCUT2D eigenvalue weighted by atomic mass is 10.0. The number of sulfonamides is 1. The third-order valence-corrected chi connectivity index (χ3v) is 7.80. The number of benzene rings is 1. The van der Waals surface area contributed by atoms with Crippen molar-refractivity contribution < 1.29 is 26.8 Å². The van der Waals surface area contributed by atoms with Gasteiger partial charge in [-0.1, -0.05) is 30.4 Å². The van der Waals surface area contributed by atoms with Gasteiger partial charge in [0.25, 0.3) is 0 Å². The van der Waals surface area contributed by atoms with Crippen molar-refractivity contribution in [1.82, 2.24) is 9.79 Å². The Morgan fingerprint density at radius 3 is 2.31 bits per heavy atom. The summed E-state index contributed by atoms with van der Waals surface area (Å²) in [4.78, 5) is 12.1. The van der Waals surface area contributed by atoms with Gasteiger partial charge in [-0.2, -0.15) is 4.31 Å². The van der Waals surface area contributed by atoms with Gasteiger partial charge < -0.3 is 0 Å². The summed E-state index contributed by atoms with van der Waals surface area (Å²) >= 11 is 5.30. The summed E-state index contributed by atoms with van der Waals surface area (Å²) in [5.41, 5.74) is 2.33. The van der Waals surface area contributed by atoms with Gasteiger partial charge in [0.1, 0.15) is 0 Å². The number of nitrogens with one attached hydrogen (secondary N) is 1. The predicted molar refractivity (Wildman–Crippen MR) is 112 cm³/mol. The van der Waals surface area contributed by atoms with Crippen LogP contribution in [0.1, 0.15) is 19.3 Å². The van der Waals surface area contributed by atoms with Crippen LogP contribution in [-0.2, 0) is 24.7 Å². The number of rotatable bonds is 9. The van der Waals surface area contributed by atoms with Crippen molar-refractivity contribution in [2.24, 2.45) is 0 Å². The van der Waals surface area contributed by atoms with Gasteiger partial charge in [0.2, 0.25) is 15.9 Å². The molecule has 0 radical (unpaired) electrons. The Morgan fingerprint density at radius 1 is 1.14 bits per heavy atom. The molecule has 11 heteroatoms. The van der Waals surface area contributed by atoms with Gasteiger partial charge in [0.15, 0.2) is 9.84 Å². The fourth-order valence-electron chi connectivity index (χ4n) is 2.69. The highest BCUT2D eigenvalue weighted by Crippen LogP contribution is 2.21. The largest absolute Gasteiger partial charge is 0.289 e. The van der Waals surface area contributed by atoms with E-state index in [1.807, 2.05) is 18.2 Å². The second kappa shape index (κ2) is 9.72. The van der Waals surface area contributed by atoms with Crippen LogP contribution in [0.4, 0.5) is 0 Å². The SMILES string of the molecule is CS(=O)(=O)c1ccc(S(=O)(=O)N(CCC(=O)NO)CCC2=CC=CCC2=S)cc1. The second-order valence-electron chi connectivity index (χ2n) is 6.43. The Morgan fingerprint density at radius 2 is 1.76 bits per heavy atom. The van der Waals surface area contributed by atoms with Gasteiger partial charge in [0, 0.05) is 37.1 Å². The zero-order chi connectivity index (χ0) is 21.7. The maximum atomic E-state index is 13.1. The number of thiocarbonyl (C=S) groups is 1. The molecule has 0 heterocycles. The number of hydroxylamine groups is 1. The maximum absolute atomic E-state index is 13.1. The van der Waals surface area contributed by atoms with Gasteiger partial charge in [-0.3, -0.25) is 10.0 Å². The molecule has 1 aliphatic carbocycles. The quantitative estimate of drug-likeness (QED) is 0.328. The molecule has 0 unspecified atom stereocenters. The summed E-state index contributed by atoms with van der Waals surface area (Å²) in [5.74, 6) is -0.715. The molecule has 8 nitrogen and oxygen atoms in total. The fraction of sp³-hybridized carbons (Fsp3) is 0.333. The number of allylic oxidation sites excluding steroid dienone is 3. The minimum Gasteiger partial charge on any atom is -0.289 e. The molecule has 2 rings (SSSR count). The number of carbonyl (C=O) groups excluding carboxylic acids is 1. The molecular formula is C18H22N2O6S3. The molecular weight excluding hydrogens is 436 g/mol. The molecule has 0 atom stereocenters. The molecule has 1 aliphatic rings. The lowest BCUT2D eigenvalue weighted by Crippen LogP contribution is -2.36. The lowest BCUT2D eigenvalue weighted by molar-refractivity contribution is -0.129. The van der Waals surface area contributed by atoms with Crippen LogP contribution in [0, 0.1) is 0 Å². The molecule has 158 valence electrons. The lowest BCUT2D eigenvalue weighted by Gasteiger charge is -2.23. The smallest absolute Gasteiger partial charge is 0.244 e. The molecule has 29 heavy (non-hydrogen) atoms. The first-order valence-corrected chi connectivity index (χ1v) is 12.4. The van der Waals surface area contributed by atoms with Crippen LogP contribution in [0.15, 0.2) is 57.9 Å². The second-order valence-corrected chi connectivity index (χ2v) is 10.9. The monoisotopic (exact) mass is 458 g/mol. The number of sulfone groups is 1. The predicted octanol–water partition coefficient (Wildman–Crippen LogP) is 1.62. The van der Waals surface area contributed by atoms with Gasteiger partial charge >= 0.3 is 0 Å². The van der Waals surface area contributed by atoms with E-state index in [2.05, 4.69) is 0 Å². The number of hydrogen-bond donors (Lipinski definition) is 2. The third-order valence-electron chi connectivity index (χ3n) is 4.33. The van der Waals surface area contributed by atoms with Crippen molar-refractivity contribution in [3.63, 3.8) is 0 Å². The van der Waals surface area contributed by atoms with E-state index in [9.17, 15) is 21.6 Å². The summed E-state index contributed by atoms with van der Waals surface area (Å²) in [6.07, 6.45) is 7.38. The normalized spacial score (nSPS) is 14.7. The Labute approximate surface area is 175 Å². The maximum Gasteiger partial charge on any atom is 0.244 e. The molecule has 1 amide bonds. The Balaban J connectivity index is 2.27. The highest BCUT2D eigenvalue weighted by molar-refractivity contribution is 7.90. The van der Waals surface area contributed by atoms with Crippen LogP contribution in [0.3, 0.4) is 0 Å². The van der Waals surface area contributed by atoms with Crippen LogP contribution in [0.25, 0.3) is 0 Å². The topological polar surface area (TPSA) is 121 Å². The molecule has 1 aromatic carbocycles. The van der Waals surface area contributed by atoms with E-state index < -0.39 is 25.8 Å². The van der Waals surface area contributed by atoms with Crippen molar-refractivity contribution in [2.75, 3.05) is 19.3 Å². The van der Waals surface area contributed by atoms with Crippen LogP contribution < -0.4 is 5.48 Å². The number of amides is 1. The number of nitrogens with zero attached hydrogens (tertiary/aromatic N) is 1. The average molecular weight is 459 g/mol. The summed E-state index contributed by atoms with van der Waals surface area (Å²) in [5, 5.41) is 8.68. The van der Waals surface area contributed by atoms with E-state index in [4.69, 9.17) is 17.4 Å². The Kier molecular flexibility index (Phi) is 7.83. The van der Waals surface area contributed by atoms with E-state index >= 15 is 0 Å². The van der Waals surface area contributed by atoms with Crippen LogP contribution in [0.5, 0.6) is 0 Å². The molecule has 0 bridgehead atoms. The summed E-state index contributed by atoms with van der Waals surface area (Å²) < 4.78 is 50.4. The third kappa shape index (κ3) is 6.28. The molecule has 2 N–H and O–H groups in total. The van der Waals surface area contributed by atoms with Gasteiger partial charge in [-0.15, -0.1) is 0 Å². The standard InChI is InChI=1S/C18H22N2O6S3/c1-28(23,24)15-6-8-16(9-7-15)29(25,26)20(13-11-18(21)19-22)12-10-14-4-2-3-5-17(14)27/h2-4,6-9,22H,5,10-13H2,1H3,(H,19,21). The van der Waals surface area contributed by atoms with Gasteiger partial charge in [-0.05, 0) is 36.3 Å². The van der Waals surface area contributed by atoms with E-state index in [1.165, 1.54) is 29.7 Å². The van der Waals surface area contributed by atoms with Gasteiger partial charge in [-0.25, -0.2) is 22.3 Å². The molecule has 0 aromatic heterocycles.